The lowest BCUT2D eigenvalue weighted by Gasteiger charge is -2.61. The summed E-state index contributed by atoms with van der Waals surface area (Å²) in [5, 5.41) is 31.8. The molecule has 3 N–H and O–H groups in total. The van der Waals surface area contributed by atoms with Crippen LogP contribution in [0.4, 0.5) is 0 Å². The number of hydrogen-bond acceptors (Lipinski definition) is 7. The van der Waals surface area contributed by atoms with Gasteiger partial charge in [0, 0.05) is 18.0 Å². The molecule has 1 saturated heterocycles. The van der Waals surface area contributed by atoms with Crippen LogP contribution in [0.15, 0.2) is 24.0 Å². The van der Waals surface area contributed by atoms with E-state index in [1.165, 1.54) is 6.92 Å². The van der Waals surface area contributed by atoms with Crippen LogP contribution in [0.3, 0.4) is 0 Å². The topological polar surface area (TPSA) is 99.5 Å². The molecular weight excluding hydrogens is 350 g/mol. The van der Waals surface area contributed by atoms with Gasteiger partial charge in [-0.25, -0.2) is 4.79 Å². The number of ether oxygens (including phenoxy) is 2. The average molecular weight is 373 g/mol. The number of rotatable bonds is 2. The molecule has 0 unspecified atom stereocenters. The minimum atomic E-state index is -1.26. The maximum absolute atomic E-state index is 12.0. The third-order valence-corrected chi connectivity index (χ3v) is 6.91. The number of nitrogens with zero attached hydrogens (tertiary/aromatic N) is 1. The number of carbonyl (C=O) groups is 1. The number of benzene rings is 1. The van der Waals surface area contributed by atoms with Gasteiger partial charge in [0.2, 0.25) is 0 Å². The molecule has 7 nitrogen and oxygen atoms in total. The summed E-state index contributed by atoms with van der Waals surface area (Å²) < 4.78 is 11.6. The molecule has 5 rings (SSSR count). The van der Waals surface area contributed by atoms with Crippen molar-refractivity contribution in [3.05, 3.63) is 35.1 Å². The average Bonchev–Trinajstić information content (AvgIpc) is 2.98. The molecule has 0 radical (unpaired) electrons. The molecule has 1 aromatic rings. The second kappa shape index (κ2) is 5.25. The standard InChI is InChI=1S/C20H23NO6/c1-10(22)18(24)26-13-5-6-20(25)14-9-11-3-4-12(23)16-15(11)19(20,17(13)27-16)7-8-21(14)2/h3-5,10,14,17,22-23,25H,6-9H2,1-2H3/t10-,14-,17+,19+,20-/m1/s1. The zero-order chi connectivity index (χ0) is 19.1. The first-order valence-corrected chi connectivity index (χ1v) is 9.34. The van der Waals surface area contributed by atoms with Gasteiger partial charge < -0.3 is 29.7 Å². The molecule has 1 spiro atoms. The molecule has 0 saturated carbocycles. The first-order valence-electron chi connectivity index (χ1n) is 9.34. The molecule has 4 aliphatic rings. The Kier molecular flexibility index (Phi) is 3.31. The summed E-state index contributed by atoms with van der Waals surface area (Å²) in [6.07, 6.45) is 1.34. The fourth-order valence-electron chi connectivity index (χ4n) is 5.64. The fraction of sp³-hybridized carbons (Fsp3) is 0.550. The zero-order valence-corrected chi connectivity index (χ0v) is 15.3. The lowest BCUT2D eigenvalue weighted by molar-refractivity contribution is -0.171. The van der Waals surface area contributed by atoms with Gasteiger partial charge >= 0.3 is 5.97 Å². The SMILES string of the molecule is C[C@@H](O)C(=O)OC1=CC[C@@]2(O)[C@H]3Cc4ccc(O)c5c4[C@@]2(CCN3C)[C@H]1O5. The van der Waals surface area contributed by atoms with Gasteiger partial charge in [0.1, 0.15) is 11.9 Å². The quantitative estimate of drug-likeness (QED) is 0.653. The predicted molar refractivity (Wildman–Crippen MR) is 94.4 cm³/mol. The number of phenolic OH excluding ortho intramolecular Hbond substituents is 1. The largest absolute Gasteiger partial charge is 0.504 e. The highest BCUT2D eigenvalue weighted by molar-refractivity contribution is 5.75. The Morgan fingerprint density at radius 3 is 2.96 bits per heavy atom. The summed E-state index contributed by atoms with van der Waals surface area (Å²) in [5.74, 6) is -0.0528. The Morgan fingerprint density at radius 2 is 2.22 bits per heavy atom. The minimum absolute atomic E-state index is 0.0263. The number of aliphatic hydroxyl groups excluding tert-OH is 1. The zero-order valence-electron chi connectivity index (χ0n) is 15.3. The van der Waals surface area contributed by atoms with Crippen LogP contribution in [0.1, 0.15) is 30.9 Å². The lowest BCUT2D eigenvalue weighted by Crippen LogP contribution is -2.74. The third kappa shape index (κ3) is 1.89. The number of likely N-dealkylation sites (tertiary alicyclic amines) is 1. The van der Waals surface area contributed by atoms with Crippen LogP contribution in [0, 0.1) is 0 Å². The summed E-state index contributed by atoms with van der Waals surface area (Å²) in [5.41, 5.74) is 0.0273. The van der Waals surface area contributed by atoms with Gasteiger partial charge in [-0.15, -0.1) is 0 Å². The van der Waals surface area contributed by atoms with Crippen molar-refractivity contribution in [3.8, 4) is 11.5 Å². The summed E-state index contributed by atoms with van der Waals surface area (Å²) in [6, 6.07) is 3.42. The number of esters is 1. The van der Waals surface area contributed by atoms with Crippen LogP contribution in [-0.4, -0.2) is 63.6 Å². The van der Waals surface area contributed by atoms with E-state index in [1.54, 1.807) is 12.1 Å². The first kappa shape index (κ1) is 17.0. The van der Waals surface area contributed by atoms with E-state index in [9.17, 15) is 20.1 Å². The molecule has 2 bridgehead atoms. The number of piperidine rings is 1. The van der Waals surface area contributed by atoms with Gasteiger partial charge in [-0.05, 0) is 51.1 Å². The number of carbonyl (C=O) groups excluding carboxylic acids is 1. The summed E-state index contributed by atoms with van der Waals surface area (Å²) in [6.45, 7) is 2.11. The Labute approximate surface area is 156 Å². The van der Waals surface area contributed by atoms with E-state index in [0.717, 1.165) is 17.7 Å². The highest BCUT2D eigenvalue weighted by Crippen LogP contribution is 2.65. The van der Waals surface area contributed by atoms with Gasteiger partial charge in [0.25, 0.3) is 0 Å². The van der Waals surface area contributed by atoms with Crippen molar-refractivity contribution in [2.45, 2.75) is 55.5 Å². The Morgan fingerprint density at radius 1 is 1.44 bits per heavy atom. The van der Waals surface area contributed by atoms with E-state index in [4.69, 9.17) is 9.47 Å². The van der Waals surface area contributed by atoms with Gasteiger partial charge in [-0.2, -0.15) is 0 Å². The molecule has 2 aliphatic heterocycles. The maximum Gasteiger partial charge on any atom is 0.339 e. The van der Waals surface area contributed by atoms with Gasteiger partial charge in [0.15, 0.2) is 17.6 Å². The van der Waals surface area contributed by atoms with Crippen molar-refractivity contribution in [2.24, 2.45) is 0 Å². The van der Waals surface area contributed by atoms with E-state index in [-0.39, 0.29) is 11.8 Å². The smallest absolute Gasteiger partial charge is 0.339 e. The van der Waals surface area contributed by atoms with Crippen LogP contribution < -0.4 is 4.74 Å². The van der Waals surface area contributed by atoms with E-state index >= 15 is 0 Å². The summed E-state index contributed by atoms with van der Waals surface area (Å²) >= 11 is 0. The Hall–Kier alpha value is -2.09. The highest BCUT2D eigenvalue weighted by Gasteiger charge is 2.72. The molecule has 27 heavy (non-hydrogen) atoms. The molecule has 144 valence electrons. The highest BCUT2D eigenvalue weighted by atomic mass is 16.6. The first-order chi connectivity index (χ1) is 12.8. The van der Waals surface area contributed by atoms with Crippen molar-refractivity contribution in [1.29, 1.82) is 0 Å². The van der Waals surface area contributed by atoms with Crippen molar-refractivity contribution in [2.75, 3.05) is 13.6 Å². The van der Waals surface area contributed by atoms with Crippen LogP contribution in [0.25, 0.3) is 0 Å². The van der Waals surface area contributed by atoms with E-state index in [0.29, 0.717) is 30.8 Å². The number of aliphatic hydroxyl groups is 2. The van der Waals surface area contributed by atoms with Crippen molar-refractivity contribution in [3.63, 3.8) is 0 Å². The molecular formula is C20H23NO6. The molecule has 0 amide bonds. The predicted octanol–water partition coefficient (Wildman–Crippen LogP) is 0.594. The number of hydrogen-bond donors (Lipinski definition) is 3. The van der Waals surface area contributed by atoms with Crippen LogP contribution in [-0.2, 0) is 21.4 Å². The molecule has 2 heterocycles. The molecule has 5 atom stereocenters. The van der Waals surface area contributed by atoms with Crippen LogP contribution >= 0.6 is 0 Å². The number of aromatic hydroxyl groups is 1. The minimum Gasteiger partial charge on any atom is -0.504 e. The number of phenols is 1. The maximum atomic E-state index is 12.0. The summed E-state index contributed by atoms with van der Waals surface area (Å²) in [4.78, 5) is 14.2. The monoisotopic (exact) mass is 373 g/mol. The Balaban J connectivity index is 1.72. The number of likely N-dealkylation sites (N-methyl/N-ethyl adjacent to an activating group) is 1. The summed E-state index contributed by atoms with van der Waals surface area (Å²) in [7, 11) is 2.01. The van der Waals surface area contributed by atoms with Gasteiger partial charge in [-0.3, -0.25) is 0 Å². The molecule has 2 aliphatic carbocycles. The van der Waals surface area contributed by atoms with Crippen LogP contribution in [0.2, 0.25) is 0 Å². The van der Waals surface area contributed by atoms with E-state index in [2.05, 4.69) is 4.90 Å². The third-order valence-electron chi connectivity index (χ3n) is 6.91. The normalized spacial score (nSPS) is 37.1. The second-order valence-electron chi connectivity index (χ2n) is 8.20. The van der Waals surface area contributed by atoms with Crippen molar-refractivity contribution >= 4 is 5.97 Å². The van der Waals surface area contributed by atoms with Crippen molar-refractivity contribution < 1.29 is 29.6 Å². The van der Waals surface area contributed by atoms with E-state index in [1.807, 2.05) is 13.1 Å². The molecule has 7 heteroatoms. The van der Waals surface area contributed by atoms with Crippen molar-refractivity contribution in [1.82, 2.24) is 4.90 Å². The molecule has 1 aromatic carbocycles. The second-order valence-corrected chi connectivity index (χ2v) is 8.20. The Bertz CT molecular complexity index is 879. The van der Waals surface area contributed by atoms with Gasteiger partial charge in [-0.1, -0.05) is 6.07 Å². The molecule has 1 fully saturated rings. The van der Waals surface area contributed by atoms with Gasteiger partial charge in [0.05, 0.1) is 11.0 Å². The molecule has 0 aromatic heterocycles. The fourth-order valence-corrected chi connectivity index (χ4v) is 5.64. The lowest BCUT2D eigenvalue weighted by atomic mass is 9.50. The van der Waals surface area contributed by atoms with E-state index < -0.39 is 29.2 Å². The van der Waals surface area contributed by atoms with Crippen LogP contribution in [0.5, 0.6) is 11.5 Å².